The third-order valence-electron chi connectivity index (χ3n) is 4.30. The zero-order valence-electron chi connectivity index (χ0n) is 18.4. The van der Waals surface area contributed by atoms with Crippen molar-refractivity contribution in [2.24, 2.45) is 0 Å². The summed E-state index contributed by atoms with van der Waals surface area (Å²) in [7, 11) is 0. The molecule has 0 heterocycles. The summed E-state index contributed by atoms with van der Waals surface area (Å²) in [4.78, 5) is 27.0. The molecule has 6 heteroatoms. The number of nitrogens with zero attached hydrogens (tertiary/aromatic N) is 1. The normalized spacial score (nSPS) is 12.9. The maximum atomic E-state index is 12.5. The van der Waals surface area contributed by atoms with Crippen LogP contribution in [0.15, 0.2) is 30.3 Å². The second kappa shape index (κ2) is 11.1. The Morgan fingerprint density at radius 3 is 2.11 bits per heavy atom. The van der Waals surface area contributed by atoms with E-state index in [0.29, 0.717) is 18.6 Å². The van der Waals surface area contributed by atoms with Crippen LogP contribution in [0.3, 0.4) is 0 Å². The topological polar surface area (TPSA) is 70.7 Å². The molecule has 6 nitrogen and oxygen atoms in total. The van der Waals surface area contributed by atoms with Crippen LogP contribution in [0, 0.1) is 0 Å². The first-order valence-electron chi connectivity index (χ1n) is 10.1. The largest absolute Gasteiger partial charge is 0.444 e. The lowest BCUT2D eigenvalue weighted by molar-refractivity contribution is -0.121. The van der Waals surface area contributed by atoms with E-state index >= 15 is 0 Å². The van der Waals surface area contributed by atoms with Crippen molar-refractivity contribution < 1.29 is 14.3 Å². The fraction of sp³-hybridized carbons (Fsp3) is 0.636. The van der Waals surface area contributed by atoms with E-state index < -0.39 is 17.7 Å². The Kier molecular flexibility index (Phi) is 9.46. The van der Waals surface area contributed by atoms with Gasteiger partial charge in [0.1, 0.15) is 5.60 Å². The van der Waals surface area contributed by atoms with Crippen LogP contribution in [0.4, 0.5) is 4.79 Å². The summed E-state index contributed by atoms with van der Waals surface area (Å²) in [5.74, 6) is -0.0997. The van der Waals surface area contributed by atoms with E-state index in [9.17, 15) is 9.59 Å². The number of carbonyl (C=O) groups is 2. The number of ether oxygens (including phenoxy) is 1. The van der Waals surface area contributed by atoms with Crippen LogP contribution in [0.5, 0.6) is 0 Å². The molecule has 0 saturated heterocycles. The van der Waals surface area contributed by atoms with Crippen LogP contribution in [0.2, 0.25) is 0 Å². The van der Waals surface area contributed by atoms with Gasteiger partial charge in [-0.3, -0.25) is 9.69 Å². The molecule has 0 aliphatic rings. The molecule has 0 aromatic heterocycles. The monoisotopic (exact) mass is 391 g/mol. The number of alkyl carbamates (subject to hydrolysis) is 1. The molecule has 0 spiro atoms. The molecule has 0 fully saturated rings. The molecule has 0 radical (unpaired) electrons. The Bertz CT molecular complexity index is 601. The minimum atomic E-state index is -0.593. The fourth-order valence-corrected chi connectivity index (χ4v) is 3.08. The summed E-state index contributed by atoms with van der Waals surface area (Å²) in [6.07, 6.45) is -0.368. The van der Waals surface area contributed by atoms with Gasteiger partial charge in [-0.1, -0.05) is 30.3 Å². The number of hydrogen-bond acceptors (Lipinski definition) is 4. The zero-order chi connectivity index (χ0) is 21.3. The van der Waals surface area contributed by atoms with Crippen molar-refractivity contribution in [2.45, 2.75) is 78.6 Å². The van der Waals surface area contributed by atoms with E-state index in [2.05, 4.69) is 43.2 Å². The van der Waals surface area contributed by atoms with Gasteiger partial charge in [0.15, 0.2) is 0 Å². The number of amides is 2. The lowest BCUT2D eigenvalue weighted by Crippen LogP contribution is -2.43. The van der Waals surface area contributed by atoms with E-state index in [4.69, 9.17) is 4.74 Å². The molecule has 158 valence electrons. The number of carbonyl (C=O) groups excluding carboxylic acids is 2. The van der Waals surface area contributed by atoms with E-state index in [0.717, 1.165) is 12.1 Å². The highest BCUT2D eigenvalue weighted by molar-refractivity contribution is 5.78. The van der Waals surface area contributed by atoms with Crippen LogP contribution >= 0.6 is 0 Å². The summed E-state index contributed by atoms with van der Waals surface area (Å²) >= 11 is 0. The van der Waals surface area contributed by atoms with Gasteiger partial charge in [-0.05, 0) is 54.0 Å². The Morgan fingerprint density at radius 1 is 1.04 bits per heavy atom. The predicted molar refractivity (Wildman–Crippen MR) is 113 cm³/mol. The summed E-state index contributed by atoms with van der Waals surface area (Å²) < 4.78 is 5.35. The second-order valence-corrected chi connectivity index (χ2v) is 8.59. The maximum Gasteiger partial charge on any atom is 0.408 e. The van der Waals surface area contributed by atoms with E-state index in [1.165, 1.54) is 0 Å². The highest BCUT2D eigenvalue weighted by atomic mass is 16.6. The molecule has 1 rings (SSSR count). The van der Waals surface area contributed by atoms with Gasteiger partial charge in [0.2, 0.25) is 5.91 Å². The van der Waals surface area contributed by atoms with Crippen molar-refractivity contribution in [3.8, 4) is 0 Å². The van der Waals surface area contributed by atoms with E-state index in [1.54, 1.807) is 0 Å². The smallest absolute Gasteiger partial charge is 0.408 e. The first kappa shape index (κ1) is 24.0. The lowest BCUT2D eigenvalue weighted by atomic mass is 10.0. The minimum Gasteiger partial charge on any atom is -0.444 e. The summed E-state index contributed by atoms with van der Waals surface area (Å²) in [5.41, 5.74) is 0.277. The van der Waals surface area contributed by atoms with Gasteiger partial charge < -0.3 is 15.4 Å². The van der Waals surface area contributed by atoms with Crippen molar-refractivity contribution in [1.29, 1.82) is 0 Å². The van der Waals surface area contributed by atoms with Crippen molar-refractivity contribution >= 4 is 12.0 Å². The SMILES string of the molecule is CC(C)N(CCNC(=O)CC(NC(=O)OC(C)(C)C)c1ccccc1)C(C)C. The fourth-order valence-electron chi connectivity index (χ4n) is 3.08. The summed E-state index contributed by atoms with van der Waals surface area (Å²) in [6.45, 7) is 15.4. The van der Waals surface area contributed by atoms with E-state index in [-0.39, 0.29) is 12.3 Å². The summed E-state index contributed by atoms with van der Waals surface area (Å²) in [6, 6.07) is 9.87. The van der Waals surface area contributed by atoms with Crippen LogP contribution in [-0.4, -0.2) is 47.7 Å². The number of nitrogens with one attached hydrogen (secondary N) is 2. The third-order valence-corrected chi connectivity index (χ3v) is 4.30. The number of rotatable bonds is 9. The number of hydrogen-bond donors (Lipinski definition) is 2. The molecule has 0 aliphatic carbocycles. The average molecular weight is 392 g/mol. The Balaban J connectivity index is 2.68. The molecule has 0 aliphatic heterocycles. The van der Waals surface area contributed by atoms with Crippen molar-refractivity contribution in [3.05, 3.63) is 35.9 Å². The highest BCUT2D eigenvalue weighted by Crippen LogP contribution is 2.18. The van der Waals surface area contributed by atoms with Gasteiger partial charge in [0.25, 0.3) is 0 Å². The first-order chi connectivity index (χ1) is 13.0. The molecule has 0 saturated carbocycles. The second-order valence-electron chi connectivity index (χ2n) is 8.59. The molecule has 0 bridgehead atoms. The van der Waals surface area contributed by atoms with Gasteiger partial charge >= 0.3 is 6.09 Å². The molecule has 1 aromatic rings. The molecule has 2 N–H and O–H groups in total. The zero-order valence-corrected chi connectivity index (χ0v) is 18.4. The van der Waals surface area contributed by atoms with Gasteiger partial charge in [0, 0.05) is 25.2 Å². The molecule has 1 aromatic carbocycles. The molecule has 28 heavy (non-hydrogen) atoms. The van der Waals surface area contributed by atoms with Gasteiger partial charge in [0.05, 0.1) is 12.5 Å². The van der Waals surface area contributed by atoms with Gasteiger partial charge in [-0.25, -0.2) is 4.79 Å². The molecule has 1 unspecified atom stereocenters. The third kappa shape index (κ3) is 9.22. The first-order valence-corrected chi connectivity index (χ1v) is 10.1. The predicted octanol–water partition coefficient (Wildman–Crippen LogP) is 3.88. The maximum absolute atomic E-state index is 12.5. The van der Waals surface area contributed by atoms with Crippen LogP contribution < -0.4 is 10.6 Å². The Labute approximate surface area is 170 Å². The van der Waals surface area contributed by atoms with Gasteiger partial charge in [-0.2, -0.15) is 0 Å². The van der Waals surface area contributed by atoms with Crippen molar-refractivity contribution in [2.75, 3.05) is 13.1 Å². The summed E-state index contributed by atoms with van der Waals surface area (Å²) in [5, 5.41) is 5.80. The molecule has 1 atom stereocenters. The van der Waals surface area contributed by atoms with Crippen molar-refractivity contribution in [3.63, 3.8) is 0 Å². The molecule has 2 amide bonds. The van der Waals surface area contributed by atoms with Crippen LogP contribution in [0.1, 0.15) is 66.5 Å². The highest BCUT2D eigenvalue weighted by Gasteiger charge is 2.22. The minimum absolute atomic E-state index is 0.0997. The Morgan fingerprint density at radius 2 is 1.61 bits per heavy atom. The van der Waals surface area contributed by atoms with Crippen LogP contribution in [0.25, 0.3) is 0 Å². The standard InChI is InChI=1S/C22H37N3O3/c1-16(2)25(17(3)4)14-13-23-20(26)15-19(18-11-9-8-10-12-18)24-21(27)28-22(5,6)7/h8-12,16-17,19H,13-15H2,1-7H3,(H,23,26)(H,24,27). The quantitative estimate of drug-likeness (QED) is 0.670. The lowest BCUT2D eigenvalue weighted by Gasteiger charge is -2.30. The van der Waals surface area contributed by atoms with Gasteiger partial charge in [-0.15, -0.1) is 0 Å². The molecular weight excluding hydrogens is 354 g/mol. The average Bonchev–Trinajstić information content (AvgIpc) is 2.56. The van der Waals surface area contributed by atoms with E-state index in [1.807, 2.05) is 51.1 Å². The molecular formula is C22H37N3O3. The van der Waals surface area contributed by atoms with Crippen LogP contribution in [-0.2, 0) is 9.53 Å². The Hall–Kier alpha value is -2.08. The van der Waals surface area contributed by atoms with Crippen molar-refractivity contribution in [1.82, 2.24) is 15.5 Å². The number of benzene rings is 1.